The van der Waals surface area contributed by atoms with Gasteiger partial charge in [-0.15, -0.1) is 0 Å². The van der Waals surface area contributed by atoms with Crippen LogP contribution >= 0.6 is 11.6 Å². The van der Waals surface area contributed by atoms with E-state index in [1.54, 1.807) is 24.3 Å². The first kappa shape index (κ1) is 27.3. The Morgan fingerprint density at radius 2 is 1.81 bits per heavy atom. The standard InChI is InChI=1S/C26H26ClFN6O3/c1-4-23(36)34(3)22-14-19(10-11-21(22)28)32-26-31-15-20(27)24(33-26)29-12-5-13-30-25(37)18-8-6-17(7-9-18)16(2)35/h4,6-11,14-15H,1,5,12-13H2,2-3H3,(H,30,37)(H2,29,31,32,33). The molecule has 3 aromatic rings. The number of amides is 2. The fourth-order valence-electron chi connectivity index (χ4n) is 3.24. The predicted octanol–water partition coefficient (Wildman–Crippen LogP) is 4.60. The van der Waals surface area contributed by atoms with E-state index < -0.39 is 11.7 Å². The van der Waals surface area contributed by atoms with Crippen molar-refractivity contribution in [3.8, 4) is 0 Å². The van der Waals surface area contributed by atoms with Crippen molar-refractivity contribution >= 4 is 52.3 Å². The van der Waals surface area contributed by atoms with E-state index in [-0.39, 0.29) is 23.3 Å². The second kappa shape index (κ2) is 12.6. The molecule has 3 N–H and O–H groups in total. The molecule has 2 amide bonds. The molecule has 0 aliphatic heterocycles. The van der Waals surface area contributed by atoms with Gasteiger partial charge in [0.05, 0.1) is 11.9 Å². The maximum absolute atomic E-state index is 14.2. The van der Waals surface area contributed by atoms with Gasteiger partial charge in [0.1, 0.15) is 16.7 Å². The van der Waals surface area contributed by atoms with Crippen molar-refractivity contribution in [3.63, 3.8) is 0 Å². The molecule has 0 unspecified atom stereocenters. The van der Waals surface area contributed by atoms with E-state index >= 15 is 0 Å². The van der Waals surface area contributed by atoms with Gasteiger partial charge in [-0.3, -0.25) is 14.4 Å². The van der Waals surface area contributed by atoms with Gasteiger partial charge in [-0.1, -0.05) is 30.3 Å². The average Bonchev–Trinajstić information content (AvgIpc) is 2.90. The van der Waals surface area contributed by atoms with Crippen molar-refractivity contribution < 1.29 is 18.8 Å². The lowest BCUT2D eigenvalue weighted by Gasteiger charge is -2.17. The van der Waals surface area contributed by atoms with Crippen LogP contribution in [0.25, 0.3) is 0 Å². The minimum atomic E-state index is -0.567. The number of anilines is 4. The fourth-order valence-corrected chi connectivity index (χ4v) is 3.40. The van der Waals surface area contributed by atoms with Crippen molar-refractivity contribution in [3.05, 3.63) is 83.3 Å². The number of Topliss-reactive ketones (excluding diaryl/α,β-unsaturated/α-hetero) is 1. The topological polar surface area (TPSA) is 116 Å². The van der Waals surface area contributed by atoms with Crippen LogP contribution in [0.15, 0.2) is 61.3 Å². The van der Waals surface area contributed by atoms with Gasteiger partial charge in [-0.25, -0.2) is 9.37 Å². The van der Waals surface area contributed by atoms with Crippen LogP contribution in [-0.4, -0.2) is 47.7 Å². The molecule has 0 fully saturated rings. The summed E-state index contributed by atoms with van der Waals surface area (Å²) < 4.78 is 14.2. The molecule has 0 aliphatic rings. The van der Waals surface area contributed by atoms with E-state index in [1.807, 2.05) is 0 Å². The number of carbonyl (C=O) groups excluding carboxylic acids is 3. The molecule has 192 valence electrons. The van der Waals surface area contributed by atoms with Gasteiger partial charge in [0.15, 0.2) is 5.78 Å². The quantitative estimate of drug-likeness (QED) is 0.191. The zero-order chi connectivity index (χ0) is 26.9. The second-order valence-corrected chi connectivity index (χ2v) is 8.36. The van der Waals surface area contributed by atoms with Crippen LogP contribution in [-0.2, 0) is 4.79 Å². The summed E-state index contributed by atoms with van der Waals surface area (Å²) in [5, 5.41) is 9.18. The SMILES string of the molecule is C=CC(=O)N(C)c1cc(Nc2ncc(Cl)c(NCCCNC(=O)c3ccc(C(C)=O)cc3)n2)ccc1F. The third kappa shape index (κ3) is 7.34. The van der Waals surface area contributed by atoms with Gasteiger partial charge in [0, 0.05) is 37.0 Å². The van der Waals surface area contributed by atoms with Gasteiger partial charge in [0.25, 0.3) is 5.91 Å². The molecule has 9 nitrogen and oxygen atoms in total. The normalized spacial score (nSPS) is 10.4. The lowest BCUT2D eigenvalue weighted by Crippen LogP contribution is -2.26. The minimum Gasteiger partial charge on any atom is -0.369 e. The largest absolute Gasteiger partial charge is 0.369 e. The Labute approximate surface area is 218 Å². The van der Waals surface area contributed by atoms with E-state index in [9.17, 15) is 18.8 Å². The van der Waals surface area contributed by atoms with E-state index in [1.165, 1.54) is 38.4 Å². The van der Waals surface area contributed by atoms with Gasteiger partial charge in [0.2, 0.25) is 11.9 Å². The number of aromatic nitrogens is 2. The maximum Gasteiger partial charge on any atom is 0.251 e. The first-order chi connectivity index (χ1) is 17.7. The van der Waals surface area contributed by atoms with Crippen molar-refractivity contribution in [1.29, 1.82) is 0 Å². The fraction of sp³-hybridized carbons (Fsp3) is 0.192. The number of nitrogens with zero attached hydrogens (tertiary/aromatic N) is 3. The maximum atomic E-state index is 14.2. The van der Waals surface area contributed by atoms with E-state index in [0.29, 0.717) is 47.2 Å². The number of rotatable bonds is 11. The summed E-state index contributed by atoms with van der Waals surface area (Å²) in [5.74, 6) is -0.721. The van der Waals surface area contributed by atoms with E-state index in [4.69, 9.17) is 11.6 Å². The molecule has 0 bridgehead atoms. The summed E-state index contributed by atoms with van der Waals surface area (Å²) in [5.41, 5.74) is 1.55. The number of ketones is 1. The zero-order valence-corrected chi connectivity index (χ0v) is 21.1. The second-order valence-electron chi connectivity index (χ2n) is 7.95. The Kier molecular flexibility index (Phi) is 9.28. The first-order valence-electron chi connectivity index (χ1n) is 11.3. The number of hydrogen-bond acceptors (Lipinski definition) is 7. The molecule has 0 radical (unpaired) electrons. The van der Waals surface area contributed by atoms with Crippen LogP contribution in [0.5, 0.6) is 0 Å². The molecular weight excluding hydrogens is 499 g/mol. The number of hydrogen-bond donors (Lipinski definition) is 3. The van der Waals surface area contributed by atoms with Crippen molar-refractivity contribution in [2.75, 3.05) is 35.7 Å². The molecule has 1 aromatic heterocycles. The first-order valence-corrected chi connectivity index (χ1v) is 11.7. The zero-order valence-electron chi connectivity index (χ0n) is 20.3. The van der Waals surface area contributed by atoms with Crippen LogP contribution in [0.2, 0.25) is 5.02 Å². The number of benzene rings is 2. The molecule has 0 spiro atoms. The third-order valence-electron chi connectivity index (χ3n) is 5.30. The predicted molar refractivity (Wildman–Crippen MR) is 142 cm³/mol. The minimum absolute atomic E-state index is 0.0604. The summed E-state index contributed by atoms with van der Waals surface area (Å²) in [6.45, 7) is 5.75. The van der Waals surface area contributed by atoms with Crippen molar-refractivity contribution in [2.24, 2.45) is 0 Å². The highest BCUT2D eigenvalue weighted by Gasteiger charge is 2.14. The Balaban J connectivity index is 1.54. The number of likely N-dealkylation sites (N-methyl/N-ethyl adjacent to an activating group) is 1. The molecule has 0 saturated heterocycles. The van der Waals surface area contributed by atoms with Gasteiger partial charge < -0.3 is 20.9 Å². The van der Waals surface area contributed by atoms with Crippen LogP contribution in [0.3, 0.4) is 0 Å². The van der Waals surface area contributed by atoms with Gasteiger partial charge in [-0.2, -0.15) is 4.98 Å². The van der Waals surface area contributed by atoms with Crippen LogP contribution < -0.4 is 20.9 Å². The van der Waals surface area contributed by atoms with Gasteiger partial charge in [-0.05, 0) is 49.8 Å². The monoisotopic (exact) mass is 524 g/mol. The third-order valence-corrected chi connectivity index (χ3v) is 5.57. The highest BCUT2D eigenvalue weighted by Crippen LogP contribution is 2.26. The smallest absolute Gasteiger partial charge is 0.251 e. The summed E-state index contributed by atoms with van der Waals surface area (Å²) in [4.78, 5) is 45.1. The highest BCUT2D eigenvalue weighted by atomic mass is 35.5. The Morgan fingerprint density at radius 3 is 2.49 bits per heavy atom. The Bertz CT molecular complexity index is 1320. The number of carbonyl (C=O) groups is 3. The lowest BCUT2D eigenvalue weighted by molar-refractivity contribution is -0.113. The van der Waals surface area contributed by atoms with Crippen LogP contribution in [0.4, 0.5) is 27.5 Å². The van der Waals surface area contributed by atoms with Crippen molar-refractivity contribution in [1.82, 2.24) is 15.3 Å². The molecule has 3 rings (SSSR count). The summed E-state index contributed by atoms with van der Waals surface area (Å²) in [6.07, 6.45) is 3.10. The van der Waals surface area contributed by atoms with Crippen molar-refractivity contribution in [2.45, 2.75) is 13.3 Å². The molecule has 11 heteroatoms. The molecule has 37 heavy (non-hydrogen) atoms. The van der Waals surface area contributed by atoms with E-state index in [2.05, 4.69) is 32.5 Å². The summed E-state index contributed by atoms with van der Waals surface area (Å²) >= 11 is 6.20. The molecule has 2 aromatic carbocycles. The summed E-state index contributed by atoms with van der Waals surface area (Å²) in [7, 11) is 1.44. The molecule has 0 saturated carbocycles. The van der Waals surface area contributed by atoms with E-state index in [0.717, 1.165) is 11.0 Å². The lowest BCUT2D eigenvalue weighted by atomic mass is 10.1. The highest BCUT2D eigenvalue weighted by molar-refractivity contribution is 6.32. The summed E-state index contributed by atoms with van der Waals surface area (Å²) in [6, 6.07) is 10.6. The van der Waals surface area contributed by atoms with Crippen LogP contribution in [0.1, 0.15) is 34.1 Å². The molecule has 1 heterocycles. The molecule has 0 atom stereocenters. The Hall–Kier alpha value is -4.31. The van der Waals surface area contributed by atoms with Crippen LogP contribution in [0, 0.1) is 5.82 Å². The average molecular weight is 525 g/mol. The van der Waals surface area contributed by atoms with Gasteiger partial charge >= 0.3 is 0 Å². The number of nitrogens with one attached hydrogen (secondary N) is 3. The molecule has 0 aliphatic carbocycles. The number of halogens is 2. The molecular formula is C26H26ClFN6O3. The Morgan fingerprint density at radius 1 is 1.11 bits per heavy atom.